The van der Waals surface area contributed by atoms with E-state index in [4.69, 9.17) is 112 Å². The van der Waals surface area contributed by atoms with Crippen LogP contribution in [0.4, 0.5) is 28.1 Å². The number of rotatable bonds is 26. The molecule has 60 nitrogen and oxygen atoms in total. The number of nitrogens with two attached hydrogens (primary N) is 4. The number of aromatic amines is 4. The fourth-order valence-electron chi connectivity index (χ4n) is 18.4. The van der Waals surface area contributed by atoms with Crippen LogP contribution in [0, 0.1) is 12.7 Å². The van der Waals surface area contributed by atoms with Gasteiger partial charge in [-0.25, -0.2) is 29.3 Å². The van der Waals surface area contributed by atoms with Gasteiger partial charge < -0.3 is 142 Å². The molecule has 0 aliphatic carbocycles. The van der Waals surface area contributed by atoms with E-state index in [0.717, 1.165) is 9.13 Å². The van der Waals surface area contributed by atoms with Crippen molar-refractivity contribution in [3.8, 4) is 5.88 Å². The van der Waals surface area contributed by atoms with Crippen molar-refractivity contribution in [2.45, 2.75) is 177 Å². The predicted octanol–water partition coefficient (Wildman–Crippen LogP) is -4.40. The molecule has 30 atom stereocenters. The van der Waals surface area contributed by atoms with Gasteiger partial charge in [0.25, 0.3) is 22.2 Å². The summed E-state index contributed by atoms with van der Waals surface area (Å²) >= 11 is 0. The number of aliphatic hydroxyl groups excluding tert-OH is 6. The van der Waals surface area contributed by atoms with Crippen molar-refractivity contribution >= 4 is 105 Å². The summed E-state index contributed by atoms with van der Waals surface area (Å²) in [7, 11) is -13.2. The van der Waals surface area contributed by atoms with Gasteiger partial charge >= 0.3 is 17.1 Å². The smallest absolute Gasteiger partial charge is 0.330 e. The van der Waals surface area contributed by atoms with Crippen LogP contribution in [-0.2, 0) is 308 Å². The van der Waals surface area contributed by atoms with Crippen LogP contribution < -0.4 is 67.0 Å². The second-order valence-corrected chi connectivity index (χ2v) is 43.3. The van der Waals surface area contributed by atoms with E-state index < -0.39 is 236 Å². The van der Waals surface area contributed by atoms with E-state index in [1.54, 1.807) is 41.8 Å². The molecule has 18 N–H and O–H groups in total. The maximum atomic E-state index is 13.4. The van der Waals surface area contributed by atoms with E-state index in [9.17, 15) is 96.0 Å². The summed E-state index contributed by atoms with van der Waals surface area (Å²) in [5.41, 5.74) is 9.97. The number of aryl methyl sites for hydroxylation is 1. The van der Waals surface area contributed by atoms with Gasteiger partial charge in [-0.1, -0.05) is 0 Å². The number of anilines is 4. The Kier molecular flexibility index (Phi) is 43.1. The largest absolute Gasteiger partial charge is 0.476 e. The second-order valence-electron chi connectivity index (χ2n) is 35.6. The molecule has 9 aromatic heterocycles. The molecule has 21 rings (SSSR count). The van der Waals surface area contributed by atoms with Crippen molar-refractivity contribution in [2.75, 3.05) is 149 Å². The molecular weight excluding hydrogens is 2560 g/mol. The molecule has 9 aromatic rings. The van der Waals surface area contributed by atoms with Crippen molar-refractivity contribution in [2.24, 2.45) is 0 Å². The van der Waals surface area contributed by atoms with Gasteiger partial charge in [0.05, 0.1) is 111 Å². The Bertz CT molecular complexity index is 6850. The van der Waals surface area contributed by atoms with Gasteiger partial charge in [0.2, 0.25) is 29.5 Å². The van der Waals surface area contributed by atoms with E-state index in [1.165, 1.54) is 86.6 Å². The Hall–Kier alpha value is -2.54. The molecule has 73 heteroatoms. The van der Waals surface area contributed by atoms with Crippen LogP contribution in [-0.4, -0.2) is 349 Å². The average molecular weight is 2660 g/mol. The number of imidazole rings is 3. The van der Waals surface area contributed by atoms with Crippen LogP contribution in [0.5, 0.6) is 5.88 Å². The molecule has 6 unspecified atom stereocenters. The third-order valence-corrected chi connectivity index (χ3v) is 29.1. The van der Waals surface area contributed by atoms with Gasteiger partial charge in [-0.3, -0.25) is 93.9 Å². The maximum Gasteiger partial charge on any atom is 0.330 e. The summed E-state index contributed by atoms with van der Waals surface area (Å²) in [6.07, 6.45) is -5.92. The number of ether oxygens (including phenoxy) is 13. The minimum absolute atomic E-state index is 0. The molecule has 798 valence electrons. The topological polar surface area (TPSA) is 819 Å². The second kappa shape index (κ2) is 50.2. The normalized spacial score (nSPS) is 33.6. The first kappa shape index (κ1) is 127. The van der Waals surface area contributed by atoms with E-state index in [0.29, 0.717) is 40.7 Å². The Labute approximate surface area is 988 Å². The van der Waals surface area contributed by atoms with Gasteiger partial charge in [0.1, 0.15) is 111 Å². The summed E-state index contributed by atoms with van der Waals surface area (Å²) in [4.78, 5) is 123. The van der Waals surface area contributed by atoms with Gasteiger partial charge in [-0.05, 0) is 34.6 Å². The van der Waals surface area contributed by atoms with Crippen LogP contribution in [0.3, 0.4) is 0 Å². The van der Waals surface area contributed by atoms with Crippen molar-refractivity contribution in [3.63, 3.8) is 0 Å². The number of halogens is 1. The zero-order valence-corrected chi connectivity index (χ0v) is 104. The molecule has 0 aromatic carbocycles. The van der Waals surface area contributed by atoms with Crippen LogP contribution in [0.25, 0.3) is 33.5 Å². The third-order valence-electron chi connectivity index (χ3n) is 25.8. The quantitative estimate of drug-likeness (QED) is 0.0228. The number of nitrogen functional groups attached to an aromatic ring is 4. The van der Waals surface area contributed by atoms with E-state index in [1.807, 2.05) is 6.92 Å². The summed E-state index contributed by atoms with van der Waals surface area (Å²) in [6.45, 7) is 17.5. The van der Waals surface area contributed by atoms with Crippen molar-refractivity contribution in [1.82, 2.24) is 87.2 Å². The number of nitrogens with zero attached hydrogens (tertiary/aromatic N) is 14. The molecule has 12 fully saturated rings. The van der Waals surface area contributed by atoms with Crippen molar-refractivity contribution < 1.29 is 347 Å². The molecule has 12 aliphatic rings. The number of nitrogens with one attached hydrogen (secondary N) is 4. The minimum Gasteiger partial charge on any atom is -0.476 e. The number of fused-ring (bicyclic) bond motifs is 15. The SMILES string of the molecule is CCOc1nc(N)nc2c1ncn2[C@@H]1O[C@@]2(CO[PH](C)=O)CO[C@]1(C)[C@@H]2O.C[PH](=O)OC[C@@]12CO[C@@H]([C@H](n3cc(F)c(=O)[nH]c3=O)O1)[C@@H]2O.C[PH](=O)OC[C@@]12CO[C@@H]([C@H](n3cnc4c(N)nc(N)nc43)O1)[C@@H]2O.C[PH](=O)OC[C@]12CO[C@](C)([C@@H]1O)[C@H](n1ccc(=O)[nH]c1=O)O2.C[PH](=O)OC[C@]12CO[C@](C)([C@@H]1O)[C@H](n1cnc3c(=O)[nH]c(N)nc31)O2.Cc1cn([C@@H]2O[C@@]3(CO[PH](C)=O)CO[C@@H]2[C@@H]3O)c(=O)[nH]c1=O.[Y].[Y].[Y].[Y].[Y].[Y]. The first-order valence-electron chi connectivity index (χ1n) is 43.4. The summed E-state index contributed by atoms with van der Waals surface area (Å²) in [5, 5.41) is 63.2. The van der Waals surface area contributed by atoms with Gasteiger partial charge in [-0.2, -0.15) is 29.3 Å². The zero-order valence-electron chi connectivity index (χ0n) is 80.6. The van der Waals surface area contributed by atoms with E-state index >= 15 is 0 Å². The third kappa shape index (κ3) is 24.4. The molecule has 6 radical (unpaired) electrons. The van der Waals surface area contributed by atoms with Crippen LogP contribution in [0.1, 0.15) is 70.6 Å². The molecule has 21 heterocycles. The molecule has 0 spiro atoms. The Morgan fingerprint density at radius 3 is 1.17 bits per heavy atom. The first-order valence-corrected chi connectivity index (χ1v) is 54.3. The van der Waals surface area contributed by atoms with Crippen LogP contribution in [0.2, 0.25) is 0 Å². The summed E-state index contributed by atoms with van der Waals surface area (Å²) < 4.78 is 194. The monoisotopic (exact) mass is 2660 g/mol. The molecule has 148 heavy (non-hydrogen) atoms. The van der Waals surface area contributed by atoms with E-state index in [2.05, 4.69) is 54.8 Å². The minimum atomic E-state index is -2.25. The number of hydrogen-bond donors (Lipinski definition) is 14. The summed E-state index contributed by atoms with van der Waals surface area (Å²) in [5.74, 6) is -0.750. The maximum absolute atomic E-state index is 13.4. The van der Waals surface area contributed by atoms with Gasteiger partial charge in [0, 0.05) is 260 Å². The van der Waals surface area contributed by atoms with Gasteiger partial charge in [-0.15, -0.1) is 0 Å². The Balaban J connectivity index is 0.000000181. The van der Waals surface area contributed by atoms with Crippen molar-refractivity contribution in [1.29, 1.82) is 0 Å². The van der Waals surface area contributed by atoms with Crippen LogP contribution in [0.15, 0.2) is 77.2 Å². The number of H-pyrrole nitrogens is 4. The molecule has 12 bridgehead atoms. The van der Waals surface area contributed by atoms with E-state index in [-0.39, 0.29) is 316 Å². The molecular formula is C75H105FN22O38P6Y6. The molecule has 12 saturated heterocycles. The Morgan fingerprint density at radius 1 is 0.419 bits per heavy atom. The standard InChI is InChI=1S/C15H22N5O6P.C13H18N5O6P.C12H17N6O5P.2C12H17N2O7P.C11H14FN2O7P.6Y/c1-4-23-10-8-9(18-13(16)19-10)20(7-17-8)12-14(2)11(21)15(26-12,5-24-14)6-25-27(3)22;1-12-9(20)13(3-22-12,4-23-25(2)21)24-10(12)18-5-15-6-7(18)16-11(14)17-8(6)19;1-24(20)22-3-12-2-21-6(7(12)19)10(23-12)18-4-15-5-8(13)16-11(14)17-9(5)18;1-6-3-14(11(17)13-9(6)16)10-7-8(15)12(21-10,4-19-7)5-20-22(2)18;1-11-8(16)12(5-19-11,6-20-22(2)18)21-9(11)14-4-3-7(15)13-10(14)17;1-22(18)20-4-11-3-19-6(7(11)15)9(21-11)14-2-5(12)8(16)13-10(14)17;;;;;;/h7,11-12,21,27H,4-6H2,1-3H3,(H2,16,18,19);5,9-10,20,25H,3-4H2,1-2H3,(H3,14,16,17,19);4,6-7,10,19,24H,2-3H2,1H3,(H4,13,14,16,17);3,7-8,10,15,22H,4-5H2,1-2H3,(H,13,16,17);3-4,8-9,16,22H,5-6H2,1-2H3,(H,13,15,17);2,6-7,9,15,22H,3-4H2,1H3,(H,13,16,17);;;;;;/t11-,12+,14+,15+;9-,10+,12+,13+;6-,7+,10-,12-;7-,8+,10-,12-;8-,9+,11+,12+;6-,7+,9-,11-;;;;;;/m001101....../s1. The van der Waals surface area contributed by atoms with Gasteiger partial charge in [0.15, 0.2) is 119 Å². The number of hydrogen-bond acceptors (Lipinski definition) is 50. The number of aromatic nitrogens is 18. The fourth-order valence-corrected chi connectivity index (χ4v) is 21.1. The molecule has 0 saturated carbocycles. The zero-order chi connectivity index (χ0) is 103. The van der Waals surface area contributed by atoms with Crippen molar-refractivity contribution in [3.05, 3.63) is 128 Å². The predicted molar refractivity (Wildman–Crippen MR) is 487 cm³/mol. The molecule has 0 amide bonds. The first-order chi connectivity index (χ1) is 66.9. The average Bonchev–Trinajstić information content (AvgIpc) is 1.54. The molecule has 12 aliphatic heterocycles. The Morgan fingerprint density at radius 2 is 0.764 bits per heavy atom. The fraction of sp³-hybridized carbons (Fsp3) is 0.640. The van der Waals surface area contributed by atoms with Crippen LogP contribution >= 0.6 is 48.2 Å². The number of aliphatic hydroxyl groups is 6. The summed E-state index contributed by atoms with van der Waals surface area (Å²) in [6, 6.07) is 1.18.